The Morgan fingerprint density at radius 3 is 2.80 bits per heavy atom. The first-order chi connectivity index (χ1) is 12.1. The van der Waals surface area contributed by atoms with Crippen LogP contribution in [0.25, 0.3) is 0 Å². The number of guanidine groups is 1. The monoisotopic (exact) mass is 343 g/mol. The zero-order valence-electron chi connectivity index (χ0n) is 15.7. The molecule has 136 valence electrons. The van der Waals surface area contributed by atoms with Crippen molar-refractivity contribution in [3.8, 4) is 5.75 Å². The highest BCUT2D eigenvalue weighted by molar-refractivity contribution is 5.79. The highest BCUT2D eigenvalue weighted by atomic mass is 16.5. The number of aryl methyl sites for hydroxylation is 2. The van der Waals surface area contributed by atoms with E-state index in [1.54, 1.807) is 7.11 Å². The number of methoxy groups -OCH3 is 1. The van der Waals surface area contributed by atoms with Crippen molar-refractivity contribution in [3.63, 3.8) is 0 Å². The second kappa shape index (κ2) is 9.71. The summed E-state index contributed by atoms with van der Waals surface area (Å²) in [4.78, 5) is 4.65. The molecule has 0 aliphatic heterocycles. The van der Waals surface area contributed by atoms with E-state index < -0.39 is 0 Å². The molecule has 0 amide bonds. The zero-order valence-corrected chi connectivity index (χ0v) is 15.7. The van der Waals surface area contributed by atoms with Crippen molar-refractivity contribution >= 4 is 5.96 Å². The summed E-state index contributed by atoms with van der Waals surface area (Å²) < 4.78 is 7.31. The molecule has 0 fully saturated rings. The van der Waals surface area contributed by atoms with Crippen LogP contribution in [0.3, 0.4) is 0 Å². The van der Waals surface area contributed by atoms with Gasteiger partial charge in [-0.2, -0.15) is 5.10 Å². The SMILES string of the molecule is CCNC(=NCCc1ccc(C)c(OC)c1)NCCn1cc(C)cn1. The molecular weight excluding hydrogens is 314 g/mol. The molecule has 0 saturated heterocycles. The molecule has 2 rings (SSSR count). The smallest absolute Gasteiger partial charge is 0.191 e. The Hall–Kier alpha value is -2.50. The molecule has 2 N–H and O–H groups in total. The summed E-state index contributed by atoms with van der Waals surface area (Å²) in [5.41, 5.74) is 3.56. The third-order valence-corrected chi connectivity index (χ3v) is 3.88. The molecule has 1 heterocycles. The molecule has 0 atom stereocenters. The van der Waals surface area contributed by atoms with Gasteiger partial charge in [0.25, 0.3) is 0 Å². The fraction of sp³-hybridized carbons (Fsp3) is 0.474. The number of benzene rings is 1. The summed E-state index contributed by atoms with van der Waals surface area (Å²) in [6, 6.07) is 6.31. The lowest BCUT2D eigenvalue weighted by Gasteiger charge is -2.11. The zero-order chi connectivity index (χ0) is 18.1. The summed E-state index contributed by atoms with van der Waals surface area (Å²) in [6.07, 6.45) is 4.79. The summed E-state index contributed by atoms with van der Waals surface area (Å²) in [5.74, 6) is 1.77. The van der Waals surface area contributed by atoms with Gasteiger partial charge in [0, 0.05) is 25.8 Å². The molecule has 25 heavy (non-hydrogen) atoms. The van der Waals surface area contributed by atoms with Gasteiger partial charge in [0.05, 0.1) is 19.9 Å². The van der Waals surface area contributed by atoms with E-state index in [-0.39, 0.29) is 0 Å². The normalized spacial score (nSPS) is 11.4. The van der Waals surface area contributed by atoms with Gasteiger partial charge in [-0.15, -0.1) is 0 Å². The molecule has 1 aromatic carbocycles. The Morgan fingerprint density at radius 1 is 1.28 bits per heavy atom. The van der Waals surface area contributed by atoms with Crippen LogP contribution in [0.4, 0.5) is 0 Å². The average molecular weight is 343 g/mol. The third-order valence-electron chi connectivity index (χ3n) is 3.88. The molecule has 2 aromatic rings. The van der Waals surface area contributed by atoms with Crippen LogP contribution in [-0.2, 0) is 13.0 Å². The van der Waals surface area contributed by atoms with Gasteiger partial charge in [-0.05, 0) is 49.9 Å². The second-order valence-corrected chi connectivity index (χ2v) is 6.02. The molecule has 6 nitrogen and oxygen atoms in total. The number of aliphatic imine (C=N–C) groups is 1. The fourth-order valence-corrected chi connectivity index (χ4v) is 2.54. The van der Waals surface area contributed by atoms with Crippen LogP contribution in [0.5, 0.6) is 5.75 Å². The Morgan fingerprint density at radius 2 is 2.12 bits per heavy atom. The molecule has 0 bridgehead atoms. The first kappa shape index (κ1) is 18.8. The van der Waals surface area contributed by atoms with E-state index in [0.29, 0.717) is 0 Å². The number of nitrogens with one attached hydrogen (secondary N) is 2. The van der Waals surface area contributed by atoms with Crippen LogP contribution >= 0.6 is 0 Å². The molecule has 1 aromatic heterocycles. The molecule has 0 radical (unpaired) electrons. The molecule has 0 unspecified atom stereocenters. The predicted molar refractivity (Wildman–Crippen MR) is 102 cm³/mol. The maximum atomic E-state index is 5.38. The highest BCUT2D eigenvalue weighted by Gasteiger charge is 2.01. The third kappa shape index (κ3) is 6.14. The minimum atomic E-state index is 0.725. The highest BCUT2D eigenvalue weighted by Crippen LogP contribution is 2.19. The van der Waals surface area contributed by atoms with Crippen LogP contribution in [-0.4, -0.2) is 42.5 Å². The number of hydrogen-bond acceptors (Lipinski definition) is 3. The lowest BCUT2D eigenvalue weighted by molar-refractivity contribution is 0.411. The number of rotatable bonds is 8. The van der Waals surface area contributed by atoms with Gasteiger partial charge >= 0.3 is 0 Å². The van der Waals surface area contributed by atoms with E-state index >= 15 is 0 Å². The molecule has 0 saturated carbocycles. The summed E-state index contributed by atoms with van der Waals surface area (Å²) >= 11 is 0. The predicted octanol–water partition coefficient (Wildman–Crippen LogP) is 2.31. The van der Waals surface area contributed by atoms with E-state index in [9.17, 15) is 0 Å². The van der Waals surface area contributed by atoms with Gasteiger partial charge < -0.3 is 15.4 Å². The van der Waals surface area contributed by atoms with Crippen LogP contribution in [0.2, 0.25) is 0 Å². The quantitative estimate of drug-likeness (QED) is 0.570. The topological polar surface area (TPSA) is 63.5 Å². The summed E-state index contributed by atoms with van der Waals surface area (Å²) in [7, 11) is 1.71. The van der Waals surface area contributed by atoms with E-state index in [1.807, 2.05) is 24.0 Å². The molecule has 0 aliphatic carbocycles. The van der Waals surface area contributed by atoms with E-state index in [4.69, 9.17) is 4.74 Å². The summed E-state index contributed by atoms with van der Waals surface area (Å²) in [5, 5.41) is 10.9. The molecule has 0 aliphatic rings. The number of aromatic nitrogens is 2. The minimum absolute atomic E-state index is 0.725. The number of nitrogens with zero attached hydrogens (tertiary/aromatic N) is 3. The maximum absolute atomic E-state index is 5.38. The van der Waals surface area contributed by atoms with Gasteiger partial charge in [0.2, 0.25) is 0 Å². The van der Waals surface area contributed by atoms with Crippen molar-refractivity contribution in [2.24, 2.45) is 4.99 Å². The van der Waals surface area contributed by atoms with Crippen molar-refractivity contribution in [1.29, 1.82) is 0 Å². The largest absolute Gasteiger partial charge is 0.496 e. The van der Waals surface area contributed by atoms with Crippen molar-refractivity contribution < 1.29 is 4.74 Å². The van der Waals surface area contributed by atoms with E-state index in [0.717, 1.165) is 49.9 Å². The first-order valence-corrected chi connectivity index (χ1v) is 8.77. The van der Waals surface area contributed by atoms with Crippen LogP contribution in [0, 0.1) is 13.8 Å². The van der Waals surface area contributed by atoms with Crippen molar-refractivity contribution in [2.45, 2.75) is 33.7 Å². The lowest BCUT2D eigenvalue weighted by atomic mass is 10.1. The van der Waals surface area contributed by atoms with E-state index in [1.165, 1.54) is 11.1 Å². The standard InChI is InChI=1S/C19H29N5O/c1-5-20-19(22-10-11-24-14-15(2)13-23-24)21-9-8-17-7-6-16(3)18(12-17)25-4/h6-7,12-14H,5,8-11H2,1-4H3,(H2,20,21,22). The van der Waals surface area contributed by atoms with Crippen molar-refractivity contribution in [2.75, 3.05) is 26.7 Å². The summed E-state index contributed by atoms with van der Waals surface area (Å²) in [6.45, 7) is 9.32. The van der Waals surface area contributed by atoms with Crippen LogP contribution < -0.4 is 15.4 Å². The van der Waals surface area contributed by atoms with Gasteiger partial charge in [0.1, 0.15) is 5.75 Å². The van der Waals surface area contributed by atoms with Gasteiger partial charge in [0.15, 0.2) is 5.96 Å². The van der Waals surface area contributed by atoms with Crippen LogP contribution in [0.1, 0.15) is 23.6 Å². The maximum Gasteiger partial charge on any atom is 0.191 e. The Kier molecular flexibility index (Phi) is 7.32. The van der Waals surface area contributed by atoms with Crippen LogP contribution in [0.15, 0.2) is 35.6 Å². The van der Waals surface area contributed by atoms with Gasteiger partial charge in [-0.1, -0.05) is 12.1 Å². The molecule has 6 heteroatoms. The fourth-order valence-electron chi connectivity index (χ4n) is 2.54. The van der Waals surface area contributed by atoms with Crippen molar-refractivity contribution in [3.05, 3.63) is 47.3 Å². The lowest BCUT2D eigenvalue weighted by Crippen LogP contribution is -2.39. The number of hydrogen-bond donors (Lipinski definition) is 2. The van der Waals surface area contributed by atoms with Crippen molar-refractivity contribution in [1.82, 2.24) is 20.4 Å². The average Bonchev–Trinajstić information content (AvgIpc) is 3.01. The van der Waals surface area contributed by atoms with Gasteiger partial charge in [-0.3, -0.25) is 9.67 Å². The van der Waals surface area contributed by atoms with E-state index in [2.05, 4.69) is 52.8 Å². The Labute approximate surface area is 150 Å². The van der Waals surface area contributed by atoms with Gasteiger partial charge in [-0.25, -0.2) is 0 Å². The molecule has 0 spiro atoms. The first-order valence-electron chi connectivity index (χ1n) is 8.77. The number of ether oxygens (including phenoxy) is 1. The minimum Gasteiger partial charge on any atom is -0.496 e. The Balaban J connectivity index is 1.84. The Bertz CT molecular complexity index is 693. The molecular formula is C19H29N5O. The second-order valence-electron chi connectivity index (χ2n) is 6.02.